The zero-order valence-corrected chi connectivity index (χ0v) is 12.5. The summed E-state index contributed by atoms with van der Waals surface area (Å²) in [5.74, 6) is 0.168. The van der Waals surface area contributed by atoms with Crippen LogP contribution in [0, 0.1) is 0 Å². The Hall–Kier alpha value is -2.04. The smallest absolute Gasteiger partial charge is 0.319 e. The van der Waals surface area contributed by atoms with Crippen LogP contribution in [-0.2, 0) is 4.79 Å². The van der Waals surface area contributed by atoms with Crippen LogP contribution in [0.15, 0.2) is 30.3 Å². The second-order valence-electron chi connectivity index (χ2n) is 5.93. The lowest BCUT2D eigenvalue weighted by atomic mass is 9.95. The van der Waals surface area contributed by atoms with Crippen LogP contribution in [0.3, 0.4) is 0 Å². The molecule has 5 nitrogen and oxygen atoms in total. The van der Waals surface area contributed by atoms with E-state index in [1.54, 1.807) is 19.0 Å². The minimum Gasteiger partial charge on any atom is -0.331 e. The molecule has 0 bridgehead atoms. The van der Waals surface area contributed by atoms with Gasteiger partial charge in [-0.05, 0) is 25.0 Å². The SMILES string of the molecule is CN(C)C(=O)N1CC[C@@H]2[C@H]1CCC(=O)N2c1ccccc1. The molecule has 0 aliphatic carbocycles. The van der Waals surface area contributed by atoms with E-state index in [4.69, 9.17) is 0 Å². The maximum absolute atomic E-state index is 12.4. The van der Waals surface area contributed by atoms with E-state index < -0.39 is 0 Å². The van der Waals surface area contributed by atoms with Gasteiger partial charge < -0.3 is 14.7 Å². The summed E-state index contributed by atoms with van der Waals surface area (Å²) < 4.78 is 0. The molecule has 2 fully saturated rings. The maximum Gasteiger partial charge on any atom is 0.319 e. The molecule has 3 rings (SSSR count). The fraction of sp³-hybridized carbons (Fsp3) is 0.500. The number of carbonyl (C=O) groups is 2. The van der Waals surface area contributed by atoms with Crippen LogP contribution >= 0.6 is 0 Å². The molecule has 0 unspecified atom stereocenters. The average molecular weight is 287 g/mol. The first kappa shape index (κ1) is 13.9. The number of piperidine rings is 1. The van der Waals surface area contributed by atoms with Crippen molar-refractivity contribution in [3.05, 3.63) is 30.3 Å². The lowest BCUT2D eigenvalue weighted by molar-refractivity contribution is -0.120. The number of rotatable bonds is 1. The highest BCUT2D eigenvalue weighted by atomic mass is 16.2. The van der Waals surface area contributed by atoms with Crippen molar-refractivity contribution in [2.75, 3.05) is 25.5 Å². The number of hydrogen-bond donors (Lipinski definition) is 0. The molecule has 5 heteroatoms. The van der Waals surface area contributed by atoms with Crippen molar-refractivity contribution in [2.45, 2.75) is 31.3 Å². The van der Waals surface area contributed by atoms with Crippen molar-refractivity contribution >= 4 is 17.6 Å². The van der Waals surface area contributed by atoms with E-state index in [0.717, 1.165) is 25.1 Å². The summed E-state index contributed by atoms with van der Waals surface area (Å²) >= 11 is 0. The summed E-state index contributed by atoms with van der Waals surface area (Å²) in [5.41, 5.74) is 0.941. The number of amides is 3. The van der Waals surface area contributed by atoms with Gasteiger partial charge in [-0.2, -0.15) is 0 Å². The quantitative estimate of drug-likeness (QED) is 0.792. The summed E-state index contributed by atoms with van der Waals surface area (Å²) in [7, 11) is 3.55. The number of urea groups is 1. The van der Waals surface area contributed by atoms with Crippen LogP contribution in [0.25, 0.3) is 0 Å². The highest BCUT2D eigenvalue weighted by Crippen LogP contribution is 2.34. The molecule has 21 heavy (non-hydrogen) atoms. The Kier molecular flexibility index (Phi) is 3.57. The standard InChI is InChI=1S/C16H21N3O2/c1-17(2)16(21)18-11-10-14-13(18)8-9-15(20)19(14)12-6-4-3-5-7-12/h3-7,13-14H,8-11H2,1-2H3/t13-,14-/m1/s1. The molecule has 3 amide bonds. The molecule has 0 radical (unpaired) electrons. The van der Waals surface area contributed by atoms with Gasteiger partial charge in [0.15, 0.2) is 0 Å². The van der Waals surface area contributed by atoms with Crippen molar-refractivity contribution in [1.82, 2.24) is 9.80 Å². The topological polar surface area (TPSA) is 43.9 Å². The second kappa shape index (κ2) is 5.39. The van der Waals surface area contributed by atoms with Gasteiger partial charge in [0.1, 0.15) is 0 Å². The van der Waals surface area contributed by atoms with Gasteiger partial charge in [-0.1, -0.05) is 18.2 Å². The summed E-state index contributed by atoms with van der Waals surface area (Å²) in [6.07, 6.45) is 2.13. The lowest BCUT2D eigenvalue weighted by Crippen LogP contribution is -2.54. The van der Waals surface area contributed by atoms with Gasteiger partial charge in [-0.25, -0.2) is 4.79 Å². The molecule has 2 saturated heterocycles. The monoisotopic (exact) mass is 287 g/mol. The minimum absolute atomic E-state index is 0.0462. The summed E-state index contributed by atoms with van der Waals surface area (Å²) in [5, 5.41) is 0. The van der Waals surface area contributed by atoms with Crippen molar-refractivity contribution in [2.24, 2.45) is 0 Å². The van der Waals surface area contributed by atoms with E-state index in [1.165, 1.54) is 0 Å². The Morgan fingerprint density at radius 1 is 1.14 bits per heavy atom. The number of likely N-dealkylation sites (tertiary alicyclic amines) is 1. The maximum atomic E-state index is 12.4. The fourth-order valence-corrected chi connectivity index (χ4v) is 3.48. The van der Waals surface area contributed by atoms with E-state index in [0.29, 0.717) is 6.42 Å². The number of hydrogen-bond acceptors (Lipinski definition) is 2. The molecule has 112 valence electrons. The van der Waals surface area contributed by atoms with Gasteiger partial charge in [-0.3, -0.25) is 4.79 Å². The largest absolute Gasteiger partial charge is 0.331 e. The molecule has 2 aliphatic heterocycles. The lowest BCUT2D eigenvalue weighted by Gasteiger charge is -2.40. The third kappa shape index (κ3) is 2.37. The fourth-order valence-electron chi connectivity index (χ4n) is 3.48. The third-order valence-electron chi connectivity index (χ3n) is 4.43. The Morgan fingerprint density at radius 3 is 2.52 bits per heavy atom. The first-order chi connectivity index (χ1) is 10.1. The van der Waals surface area contributed by atoms with Gasteiger partial charge in [0, 0.05) is 32.7 Å². The summed E-state index contributed by atoms with van der Waals surface area (Å²) in [6, 6.07) is 10.1. The van der Waals surface area contributed by atoms with Crippen LogP contribution in [-0.4, -0.2) is 54.5 Å². The molecule has 1 aromatic rings. The first-order valence-electron chi connectivity index (χ1n) is 7.44. The van der Waals surface area contributed by atoms with Gasteiger partial charge in [-0.15, -0.1) is 0 Å². The predicted octanol–water partition coefficient (Wildman–Crippen LogP) is 1.94. The number of carbonyl (C=O) groups excluding carboxylic acids is 2. The molecule has 0 spiro atoms. The highest BCUT2D eigenvalue weighted by molar-refractivity contribution is 5.95. The minimum atomic E-state index is 0.0462. The van der Waals surface area contributed by atoms with Crippen LogP contribution in [0.4, 0.5) is 10.5 Å². The normalized spacial score (nSPS) is 25.0. The average Bonchev–Trinajstić information content (AvgIpc) is 2.90. The van der Waals surface area contributed by atoms with Crippen LogP contribution in [0.5, 0.6) is 0 Å². The Balaban J connectivity index is 1.87. The van der Waals surface area contributed by atoms with E-state index >= 15 is 0 Å². The number of fused-ring (bicyclic) bond motifs is 1. The molecule has 2 heterocycles. The van der Waals surface area contributed by atoms with Crippen LogP contribution in [0.2, 0.25) is 0 Å². The van der Waals surface area contributed by atoms with E-state index in [-0.39, 0.29) is 24.0 Å². The summed E-state index contributed by atoms with van der Waals surface area (Å²) in [4.78, 5) is 30.1. The van der Waals surface area contributed by atoms with Crippen molar-refractivity contribution in [3.63, 3.8) is 0 Å². The zero-order valence-electron chi connectivity index (χ0n) is 12.5. The molecular weight excluding hydrogens is 266 g/mol. The Bertz CT molecular complexity index is 544. The molecule has 1 aromatic carbocycles. The third-order valence-corrected chi connectivity index (χ3v) is 4.43. The number of para-hydroxylation sites is 1. The molecule has 2 aliphatic rings. The molecular formula is C16H21N3O2. The molecule has 0 saturated carbocycles. The predicted molar refractivity (Wildman–Crippen MR) is 81.1 cm³/mol. The number of benzene rings is 1. The highest BCUT2D eigenvalue weighted by Gasteiger charge is 2.45. The van der Waals surface area contributed by atoms with Crippen molar-refractivity contribution in [3.8, 4) is 0 Å². The van der Waals surface area contributed by atoms with Crippen LogP contribution < -0.4 is 4.90 Å². The number of anilines is 1. The van der Waals surface area contributed by atoms with Crippen molar-refractivity contribution in [1.29, 1.82) is 0 Å². The van der Waals surface area contributed by atoms with Gasteiger partial charge in [0.2, 0.25) is 5.91 Å². The molecule has 2 atom stereocenters. The number of nitrogens with zero attached hydrogens (tertiary/aromatic N) is 3. The van der Waals surface area contributed by atoms with E-state index in [2.05, 4.69) is 0 Å². The second-order valence-corrected chi connectivity index (χ2v) is 5.93. The Morgan fingerprint density at radius 2 is 1.86 bits per heavy atom. The van der Waals surface area contributed by atoms with Gasteiger partial charge in [0.05, 0.1) is 12.1 Å². The van der Waals surface area contributed by atoms with Gasteiger partial charge >= 0.3 is 6.03 Å². The van der Waals surface area contributed by atoms with Crippen LogP contribution in [0.1, 0.15) is 19.3 Å². The first-order valence-corrected chi connectivity index (χ1v) is 7.44. The van der Waals surface area contributed by atoms with Gasteiger partial charge in [0.25, 0.3) is 0 Å². The summed E-state index contributed by atoms with van der Waals surface area (Å²) in [6.45, 7) is 0.725. The zero-order chi connectivity index (χ0) is 15.0. The molecule has 0 N–H and O–H groups in total. The van der Waals surface area contributed by atoms with E-state index in [9.17, 15) is 9.59 Å². The van der Waals surface area contributed by atoms with Crippen molar-refractivity contribution < 1.29 is 9.59 Å². The molecule has 0 aromatic heterocycles. The van der Waals surface area contributed by atoms with E-state index in [1.807, 2.05) is 40.1 Å². The Labute approximate surface area is 125 Å².